The van der Waals surface area contributed by atoms with Gasteiger partial charge in [-0.15, -0.1) is 0 Å². The van der Waals surface area contributed by atoms with Gasteiger partial charge in [0, 0.05) is 42.8 Å². The maximum Gasteiger partial charge on any atom is 0.224 e. The van der Waals surface area contributed by atoms with Gasteiger partial charge in [0.15, 0.2) is 0 Å². The maximum atomic E-state index is 5.39. The third-order valence-corrected chi connectivity index (χ3v) is 4.90. The molecule has 1 saturated heterocycles. The van der Waals surface area contributed by atoms with Gasteiger partial charge < -0.3 is 20.3 Å². The number of benzene rings is 2. The minimum absolute atomic E-state index is 0.574. The highest BCUT2D eigenvalue weighted by atomic mass is 16.5. The first kappa shape index (κ1) is 18.1. The summed E-state index contributed by atoms with van der Waals surface area (Å²) in [5.74, 6) is 2.18. The van der Waals surface area contributed by atoms with Crippen molar-refractivity contribution in [2.75, 3.05) is 35.7 Å². The summed E-state index contributed by atoms with van der Waals surface area (Å²) >= 11 is 0. The van der Waals surface area contributed by atoms with E-state index in [1.807, 2.05) is 30.3 Å². The predicted molar refractivity (Wildman–Crippen MR) is 114 cm³/mol. The fraction of sp³-hybridized carbons (Fsp3) is 0.273. The largest absolute Gasteiger partial charge is 0.496 e. The van der Waals surface area contributed by atoms with E-state index in [9.17, 15) is 0 Å². The molecule has 2 aromatic carbocycles. The lowest BCUT2D eigenvalue weighted by Crippen LogP contribution is -2.17. The van der Waals surface area contributed by atoms with Crippen molar-refractivity contribution in [3.05, 3.63) is 66.4 Å². The Morgan fingerprint density at radius 2 is 1.79 bits per heavy atom. The number of rotatable bonds is 7. The second-order valence-electron chi connectivity index (χ2n) is 6.80. The van der Waals surface area contributed by atoms with Crippen LogP contribution in [0.25, 0.3) is 0 Å². The topological polar surface area (TPSA) is 62.3 Å². The van der Waals surface area contributed by atoms with Crippen LogP contribution in [0.1, 0.15) is 18.4 Å². The Morgan fingerprint density at radius 3 is 2.57 bits per heavy atom. The third kappa shape index (κ3) is 4.34. The molecule has 4 rings (SSSR count). The molecule has 0 saturated carbocycles. The normalized spacial score (nSPS) is 13.4. The second kappa shape index (κ2) is 8.61. The van der Waals surface area contributed by atoms with E-state index in [2.05, 4.69) is 49.8 Å². The van der Waals surface area contributed by atoms with Gasteiger partial charge in [0.2, 0.25) is 5.95 Å². The average Bonchev–Trinajstić information content (AvgIpc) is 3.28. The highest BCUT2D eigenvalue weighted by Gasteiger charge is 2.11. The first-order valence-electron chi connectivity index (χ1n) is 9.63. The van der Waals surface area contributed by atoms with Gasteiger partial charge in [0.25, 0.3) is 0 Å². The van der Waals surface area contributed by atoms with E-state index in [1.54, 1.807) is 13.3 Å². The number of hydrogen-bond acceptors (Lipinski definition) is 6. The van der Waals surface area contributed by atoms with Gasteiger partial charge in [0.1, 0.15) is 11.6 Å². The summed E-state index contributed by atoms with van der Waals surface area (Å²) in [6.45, 7) is 2.90. The molecule has 0 amide bonds. The standard InChI is InChI=1S/C22H25N5O/c1-28-20-7-3-2-6-17(20)16-24-22-23-13-12-21(26-22)25-18-8-10-19(11-9-18)27-14-4-5-15-27/h2-3,6-13H,4-5,14-16H2,1H3,(H2,23,24,25,26). The molecule has 144 valence electrons. The predicted octanol–water partition coefficient (Wildman–Crippen LogP) is 4.44. The first-order valence-corrected chi connectivity index (χ1v) is 9.63. The van der Waals surface area contributed by atoms with Crippen LogP contribution in [0.3, 0.4) is 0 Å². The number of methoxy groups -OCH3 is 1. The number of anilines is 4. The molecular formula is C22H25N5O. The quantitative estimate of drug-likeness (QED) is 0.636. The maximum absolute atomic E-state index is 5.39. The Bertz CT molecular complexity index is 907. The van der Waals surface area contributed by atoms with E-state index in [-0.39, 0.29) is 0 Å². The fourth-order valence-corrected chi connectivity index (χ4v) is 3.42. The lowest BCUT2D eigenvalue weighted by Gasteiger charge is -2.18. The molecule has 6 heteroatoms. The second-order valence-corrected chi connectivity index (χ2v) is 6.80. The van der Waals surface area contributed by atoms with Gasteiger partial charge in [0.05, 0.1) is 7.11 Å². The zero-order valence-electron chi connectivity index (χ0n) is 16.1. The number of para-hydroxylation sites is 1. The van der Waals surface area contributed by atoms with E-state index in [0.29, 0.717) is 12.5 Å². The molecule has 0 atom stereocenters. The summed E-state index contributed by atoms with van der Waals surface area (Å²) in [4.78, 5) is 11.3. The lowest BCUT2D eigenvalue weighted by atomic mass is 10.2. The van der Waals surface area contributed by atoms with Crippen molar-refractivity contribution in [1.82, 2.24) is 9.97 Å². The van der Waals surface area contributed by atoms with Crippen LogP contribution in [0.2, 0.25) is 0 Å². The molecule has 1 aliphatic rings. The van der Waals surface area contributed by atoms with Gasteiger partial charge >= 0.3 is 0 Å². The molecule has 1 aliphatic heterocycles. The molecule has 0 unspecified atom stereocenters. The molecule has 28 heavy (non-hydrogen) atoms. The number of nitrogens with zero attached hydrogens (tertiary/aromatic N) is 3. The lowest BCUT2D eigenvalue weighted by molar-refractivity contribution is 0.410. The van der Waals surface area contributed by atoms with Crippen molar-refractivity contribution in [1.29, 1.82) is 0 Å². The monoisotopic (exact) mass is 375 g/mol. The zero-order chi connectivity index (χ0) is 19.2. The molecule has 6 nitrogen and oxygen atoms in total. The first-order chi connectivity index (χ1) is 13.8. The van der Waals surface area contributed by atoms with Crippen molar-refractivity contribution in [2.24, 2.45) is 0 Å². The molecule has 2 heterocycles. The molecule has 3 aromatic rings. The molecule has 1 fully saturated rings. The Kier molecular flexibility index (Phi) is 5.56. The minimum atomic E-state index is 0.574. The smallest absolute Gasteiger partial charge is 0.224 e. The summed E-state index contributed by atoms with van der Waals surface area (Å²) in [7, 11) is 1.68. The van der Waals surface area contributed by atoms with E-state index < -0.39 is 0 Å². The highest BCUT2D eigenvalue weighted by Crippen LogP contribution is 2.24. The molecular weight excluding hydrogens is 350 g/mol. The van der Waals surface area contributed by atoms with Crippen molar-refractivity contribution in [2.45, 2.75) is 19.4 Å². The molecule has 0 bridgehead atoms. The van der Waals surface area contributed by atoms with Crippen LogP contribution in [-0.4, -0.2) is 30.2 Å². The van der Waals surface area contributed by atoms with Crippen molar-refractivity contribution in [3.63, 3.8) is 0 Å². The van der Waals surface area contributed by atoms with Crippen LogP contribution in [0, 0.1) is 0 Å². The molecule has 0 radical (unpaired) electrons. The average molecular weight is 375 g/mol. The van der Waals surface area contributed by atoms with Crippen molar-refractivity contribution >= 4 is 23.1 Å². The number of nitrogens with one attached hydrogen (secondary N) is 2. The molecule has 1 aromatic heterocycles. The summed E-state index contributed by atoms with van der Waals surface area (Å²) in [5.41, 5.74) is 3.35. The van der Waals surface area contributed by atoms with Crippen LogP contribution >= 0.6 is 0 Å². The minimum Gasteiger partial charge on any atom is -0.496 e. The fourth-order valence-electron chi connectivity index (χ4n) is 3.42. The Labute approximate surface area is 165 Å². The number of aromatic nitrogens is 2. The molecule has 2 N–H and O–H groups in total. The van der Waals surface area contributed by atoms with Gasteiger partial charge in [-0.3, -0.25) is 0 Å². The van der Waals surface area contributed by atoms with E-state index in [4.69, 9.17) is 4.74 Å². The van der Waals surface area contributed by atoms with Crippen LogP contribution in [0.5, 0.6) is 5.75 Å². The van der Waals surface area contributed by atoms with Crippen LogP contribution in [0.15, 0.2) is 60.8 Å². The number of ether oxygens (including phenoxy) is 1. The number of hydrogen-bond donors (Lipinski definition) is 2. The van der Waals surface area contributed by atoms with Gasteiger partial charge in [-0.2, -0.15) is 4.98 Å². The summed E-state index contributed by atoms with van der Waals surface area (Å²) in [6, 6.07) is 18.3. The van der Waals surface area contributed by atoms with Crippen molar-refractivity contribution in [3.8, 4) is 5.75 Å². The van der Waals surface area contributed by atoms with Crippen LogP contribution < -0.4 is 20.3 Å². The van der Waals surface area contributed by atoms with E-state index in [0.717, 1.165) is 35.9 Å². The Hall–Kier alpha value is -3.28. The Balaban J connectivity index is 1.39. The SMILES string of the molecule is COc1ccccc1CNc1nccc(Nc2ccc(N3CCCC3)cc2)n1. The molecule has 0 spiro atoms. The van der Waals surface area contributed by atoms with Crippen molar-refractivity contribution < 1.29 is 4.74 Å². The highest BCUT2D eigenvalue weighted by molar-refractivity contribution is 5.61. The van der Waals surface area contributed by atoms with Crippen LogP contribution in [0.4, 0.5) is 23.1 Å². The third-order valence-electron chi connectivity index (χ3n) is 4.90. The summed E-state index contributed by atoms with van der Waals surface area (Å²) in [6.07, 6.45) is 4.32. The van der Waals surface area contributed by atoms with Crippen LogP contribution in [-0.2, 0) is 6.54 Å². The summed E-state index contributed by atoms with van der Waals surface area (Å²) < 4.78 is 5.39. The Morgan fingerprint density at radius 1 is 1.00 bits per heavy atom. The molecule has 0 aliphatic carbocycles. The summed E-state index contributed by atoms with van der Waals surface area (Å²) in [5, 5.41) is 6.61. The van der Waals surface area contributed by atoms with Gasteiger partial charge in [-0.25, -0.2) is 4.98 Å². The van der Waals surface area contributed by atoms with Gasteiger partial charge in [-0.1, -0.05) is 18.2 Å². The van der Waals surface area contributed by atoms with E-state index >= 15 is 0 Å². The van der Waals surface area contributed by atoms with E-state index in [1.165, 1.54) is 18.5 Å². The van der Waals surface area contributed by atoms with Gasteiger partial charge in [-0.05, 0) is 49.2 Å². The zero-order valence-corrected chi connectivity index (χ0v) is 16.1.